The summed E-state index contributed by atoms with van der Waals surface area (Å²) in [6, 6.07) is 1.48. The number of hydrogen-bond donors (Lipinski definition) is 1. The van der Waals surface area contributed by atoms with Gasteiger partial charge in [-0.3, -0.25) is 9.69 Å². The van der Waals surface area contributed by atoms with Crippen LogP contribution in [-0.2, 0) is 11.0 Å². The van der Waals surface area contributed by atoms with E-state index in [4.69, 9.17) is 19.6 Å². The Balaban J connectivity index is 1.38. The Kier molecular flexibility index (Phi) is 7.44. The molecule has 0 aliphatic carbocycles. The summed E-state index contributed by atoms with van der Waals surface area (Å²) in [5, 5.41) is -0.414. The maximum atomic E-state index is 16.7. The molecule has 0 spiro atoms. The number of nitrogens with two attached hydrogens (primary N) is 1. The van der Waals surface area contributed by atoms with E-state index in [1.807, 2.05) is 4.90 Å². The number of hydrogen-bond acceptors (Lipinski definition) is 9. The van der Waals surface area contributed by atoms with Crippen molar-refractivity contribution in [3.05, 3.63) is 48.1 Å². The fraction of sp³-hybridized carbons (Fsp3) is 0.419. The highest BCUT2D eigenvalue weighted by Gasteiger charge is 2.49. The van der Waals surface area contributed by atoms with Crippen LogP contribution in [-0.4, -0.2) is 81.3 Å². The summed E-state index contributed by atoms with van der Waals surface area (Å²) in [5.74, 6) is -3.14. The molecular weight excluding hydrogens is 634 g/mol. The van der Waals surface area contributed by atoms with Crippen LogP contribution in [0.15, 0.2) is 35.3 Å². The molecule has 10 nitrogen and oxygen atoms in total. The first-order valence-electron chi connectivity index (χ1n) is 14.9. The van der Waals surface area contributed by atoms with Crippen LogP contribution in [0, 0.1) is 11.6 Å². The Morgan fingerprint density at radius 1 is 1.17 bits per heavy atom. The van der Waals surface area contributed by atoms with Crippen molar-refractivity contribution in [2.75, 3.05) is 38.5 Å². The van der Waals surface area contributed by atoms with Gasteiger partial charge in [0.05, 0.1) is 23.0 Å². The van der Waals surface area contributed by atoms with Crippen LogP contribution < -0.4 is 15.2 Å². The fourth-order valence-corrected chi connectivity index (χ4v) is 6.97. The largest absolute Gasteiger partial charge is 0.472 e. The van der Waals surface area contributed by atoms with Crippen molar-refractivity contribution in [2.45, 2.75) is 49.7 Å². The average Bonchev–Trinajstić information content (AvgIpc) is 3.79. The highest BCUT2D eigenvalue weighted by Crippen LogP contribution is 2.46. The number of aromatic nitrogens is 3. The number of carbonyl (C=O) groups is 1. The second-order valence-corrected chi connectivity index (χ2v) is 12.0. The fourth-order valence-electron chi connectivity index (χ4n) is 6.97. The predicted molar refractivity (Wildman–Crippen MR) is 156 cm³/mol. The minimum absolute atomic E-state index is 0.0463. The first-order valence-corrected chi connectivity index (χ1v) is 14.9. The van der Waals surface area contributed by atoms with Crippen molar-refractivity contribution < 1.29 is 45.0 Å². The lowest BCUT2D eigenvalue weighted by molar-refractivity contribution is -0.137. The summed E-state index contributed by atoms with van der Waals surface area (Å²) >= 11 is 0. The standard InChI is InChI=1S/C31H28F6N6O4/c1-2-21(44)42-9-6-16(13-42)46-27-18-10-19(31(35,36)37)22(17-4-5-20(33)26-25(17)39-28(38)47-26)23(34)24(18)40-29(41-27)45-14-30-7-3-8-43(30)12-15(32)11-30/h2,4-5,10,15-16H,1,3,6-9,11-14H2,(H2,38,39)/t15-,16-,30+/m1/s1. The number of anilines is 1. The minimum Gasteiger partial charge on any atom is -0.472 e. The number of amides is 1. The monoisotopic (exact) mass is 662 g/mol. The van der Waals surface area contributed by atoms with Crippen molar-refractivity contribution in [3.8, 4) is 23.0 Å². The lowest BCUT2D eigenvalue weighted by atomic mass is 9.95. The highest BCUT2D eigenvalue weighted by molar-refractivity contribution is 5.98. The van der Waals surface area contributed by atoms with Gasteiger partial charge in [-0.05, 0) is 43.7 Å². The van der Waals surface area contributed by atoms with E-state index in [1.165, 1.54) is 4.90 Å². The van der Waals surface area contributed by atoms with E-state index in [2.05, 4.69) is 21.5 Å². The number of halogens is 6. The van der Waals surface area contributed by atoms with Gasteiger partial charge in [-0.25, -0.2) is 13.2 Å². The van der Waals surface area contributed by atoms with Crippen LogP contribution in [0.2, 0.25) is 0 Å². The number of alkyl halides is 4. The third-order valence-electron chi connectivity index (χ3n) is 9.10. The number of rotatable bonds is 7. The number of benzene rings is 2. The molecule has 4 aromatic rings. The third-order valence-corrected chi connectivity index (χ3v) is 9.10. The first-order chi connectivity index (χ1) is 22.4. The Labute approximate surface area is 263 Å². The third kappa shape index (κ3) is 5.37. The number of carbonyl (C=O) groups excluding carboxylic acids is 1. The topological polar surface area (TPSA) is 120 Å². The van der Waals surface area contributed by atoms with E-state index >= 15 is 4.39 Å². The summed E-state index contributed by atoms with van der Waals surface area (Å²) in [6.07, 6.45) is -3.76. The van der Waals surface area contributed by atoms with Gasteiger partial charge in [0.2, 0.25) is 11.8 Å². The van der Waals surface area contributed by atoms with Crippen LogP contribution in [0.25, 0.3) is 33.1 Å². The molecule has 1 amide bonds. The Bertz CT molecular complexity index is 1920. The molecular formula is C31H28F6N6O4. The molecule has 16 heteroatoms. The van der Waals surface area contributed by atoms with Gasteiger partial charge in [0.15, 0.2) is 17.2 Å². The molecule has 0 bridgehead atoms. The van der Waals surface area contributed by atoms with Crippen LogP contribution in [0.4, 0.5) is 32.4 Å². The summed E-state index contributed by atoms with van der Waals surface area (Å²) in [6.45, 7) is 4.71. The highest BCUT2D eigenvalue weighted by atomic mass is 19.4. The molecule has 2 aromatic heterocycles. The number of nitrogens with zero attached hydrogens (tertiary/aromatic N) is 5. The lowest BCUT2D eigenvalue weighted by Crippen LogP contribution is -2.43. The van der Waals surface area contributed by atoms with Gasteiger partial charge in [0.25, 0.3) is 6.01 Å². The van der Waals surface area contributed by atoms with Gasteiger partial charge >= 0.3 is 12.2 Å². The minimum atomic E-state index is -5.12. The molecule has 2 aromatic carbocycles. The van der Waals surface area contributed by atoms with Crippen molar-refractivity contribution >= 4 is 33.9 Å². The van der Waals surface area contributed by atoms with Crippen LogP contribution in [0.5, 0.6) is 11.9 Å². The number of oxazole rings is 1. The number of ether oxygens (including phenoxy) is 2. The molecule has 0 unspecified atom stereocenters. The van der Waals surface area contributed by atoms with Gasteiger partial charge in [-0.15, -0.1) is 0 Å². The quantitative estimate of drug-likeness (QED) is 0.204. The SMILES string of the molecule is C=CC(=O)N1CC[C@@H](Oc2nc(OC[C@@]34CCCN3C[C@H](F)C4)nc3c(F)c(-c4ccc(F)c5oc(N)nc45)c(C(F)(F)F)cc23)C1. The molecule has 3 atom stereocenters. The van der Waals surface area contributed by atoms with Gasteiger partial charge in [0, 0.05) is 37.1 Å². The van der Waals surface area contributed by atoms with Crippen molar-refractivity contribution in [2.24, 2.45) is 0 Å². The molecule has 3 aliphatic heterocycles. The molecule has 0 saturated carbocycles. The number of nitrogen functional groups attached to an aromatic ring is 1. The Morgan fingerprint density at radius 3 is 2.74 bits per heavy atom. The molecule has 3 fully saturated rings. The van der Waals surface area contributed by atoms with Gasteiger partial charge in [0.1, 0.15) is 29.9 Å². The summed E-state index contributed by atoms with van der Waals surface area (Å²) in [4.78, 5) is 27.8. The Morgan fingerprint density at radius 2 is 1.98 bits per heavy atom. The molecule has 7 rings (SSSR count). The molecule has 47 heavy (non-hydrogen) atoms. The van der Waals surface area contributed by atoms with Gasteiger partial charge in [-0.1, -0.05) is 6.58 Å². The van der Waals surface area contributed by atoms with E-state index in [0.29, 0.717) is 32.0 Å². The van der Waals surface area contributed by atoms with Crippen LogP contribution in [0.3, 0.4) is 0 Å². The van der Waals surface area contributed by atoms with E-state index in [0.717, 1.165) is 24.6 Å². The maximum Gasteiger partial charge on any atom is 0.417 e. The van der Waals surface area contributed by atoms with Crippen LogP contribution in [0.1, 0.15) is 31.2 Å². The molecule has 0 radical (unpaired) electrons. The lowest BCUT2D eigenvalue weighted by Gasteiger charge is -2.30. The van der Waals surface area contributed by atoms with E-state index in [1.54, 1.807) is 0 Å². The zero-order chi connectivity index (χ0) is 33.2. The average molecular weight is 663 g/mol. The second kappa shape index (κ2) is 11.3. The molecule has 2 N–H and O–H groups in total. The normalized spacial score (nSPS) is 23.1. The first kappa shape index (κ1) is 31.0. The smallest absolute Gasteiger partial charge is 0.417 e. The molecule has 248 valence electrons. The van der Waals surface area contributed by atoms with Crippen molar-refractivity contribution in [1.29, 1.82) is 0 Å². The van der Waals surface area contributed by atoms with E-state index in [9.17, 15) is 26.7 Å². The van der Waals surface area contributed by atoms with Crippen molar-refractivity contribution in [1.82, 2.24) is 24.8 Å². The van der Waals surface area contributed by atoms with Crippen molar-refractivity contribution in [3.63, 3.8) is 0 Å². The molecule has 5 heterocycles. The zero-order valence-corrected chi connectivity index (χ0v) is 24.7. The molecule has 3 aliphatic rings. The second-order valence-electron chi connectivity index (χ2n) is 12.0. The van der Waals surface area contributed by atoms with Gasteiger partial charge < -0.3 is 24.5 Å². The number of likely N-dealkylation sites (tertiary alicyclic amines) is 1. The van der Waals surface area contributed by atoms with E-state index < -0.39 is 92.2 Å². The van der Waals surface area contributed by atoms with Crippen LogP contribution >= 0.6 is 0 Å². The Hall–Kier alpha value is -4.60. The summed E-state index contributed by atoms with van der Waals surface area (Å²) < 4.78 is 107. The summed E-state index contributed by atoms with van der Waals surface area (Å²) in [5.41, 5.74) is 0.546. The summed E-state index contributed by atoms with van der Waals surface area (Å²) in [7, 11) is 0. The van der Waals surface area contributed by atoms with Gasteiger partial charge in [-0.2, -0.15) is 28.1 Å². The predicted octanol–water partition coefficient (Wildman–Crippen LogP) is 5.44. The number of fused-ring (bicyclic) bond motifs is 3. The van der Waals surface area contributed by atoms with E-state index in [-0.39, 0.29) is 32.0 Å². The zero-order valence-electron chi connectivity index (χ0n) is 24.7. The maximum absolute atomic E-state index is 16.7. The molecule has 3 saturated heterocycles.